The second-order valence-electron chi connectivity index (χ2n) is 10.9. The molecule has 0 spiro atoms. The molecular formula is C30H52ClNO2. The van der Waals surface area contributed by atoms with Gasteiger partial charge in [0.25, 0.3) is 6.47 Å². The average molecular weight is 494 g/mol. The van der Waals surface area contributed by atoms with Gasteiger partial charge in [0.15, 0.2) is 0 Å². The molecule has 0 aromatic heterocycles. The highest BCUT2D eigenvalue weighted by Gasteiger charge is 2.21. The summed E-state index contributed by atoms with van der Waals surface area (Å²) in [7, 11) is 2.21. The van der Waals surface area contributed by atoms with Crippen LogP contribution in [0.1, 0.15) is 103 Å². The second-order valence-corrected chi connectivity index (χ2v) is 11.3. The van der Waals surface area contributed by atoms with Crippen molar-refractivity contribution >= 4 is 18.1 Å². The van der Waals surface area contributed by atoms with Gasteiger partial charge in [0, 0.05) is 11.6 Å². The van der Waals surface area contributed by atoms with Gasteiger partial charge in [0.1, 0.15) is 6.10 Å². The van der Waals surface area contributed by atoms with Crippen molar-refractivity contribution in [2.75, 3.05) is 20.1 Å². The maximum absolute atomic E-state index is 9.74. The number of hydrogen-bond acceptors (Lipinski definition) is 3. The van der Waals surface area contributed by atoms with Crippen molar-refractivity contribution in [1.29, 1.82) is 0 Å². The first-order chi connectivity index (χ1) is 16.3. The molecule has 1 unspecified atom stereocenters. The number of likely N-dealkylation sites (tertiary alicyclic amines) is 1. The van der Waals surface area contributed by atoms with Crippen molar-refractivity contribution in [3.8, 4) is 0 Å². The van der Waals surface area contributed by atoms with E-state index in [9.17, 15) is 4.79 Å². The third kappa shape index (κ3) is 13.7. The van der Waals surface area contributed by atoms with Crippen LogP contribution in [-0.2, 0) is 9.53 Å². The molecular weight excluding hydrogens is 442 g/mol. The number of nitrogens with zero attached hydrogens (tertiary/aromatic N) is 1. The molecule has 34 heavy (non-hydrogen) atoms. The van der Waals surface area contributed by atoms with Crippen molar-refractivity contribution in [3.63, 3.8) is 0 Å². The van der Waals surface area contributed by atoms with Gasteiger partial charge in [-0.1, -0.05) is 83.0 Å². The summed E-state index contributed by atoms with van der Waals surface area (Å²) in [6.07, 6.45) is 15.2. The third-order valence-electron chi connectivity index (χ3n) is 7.55. The molecule has 0 amide bonds. The molecule has 3 aliphatic rings. The molecule has 4 rings (SSSR count). The highest BCUT2D eigenvalue weighted by atomic mass is 35.5. The van der Waals surface area contributed by atoms with E-state index in [0.29, 0.717) is 6.47 Å². The van der Waals surface area contributed by atoms with E-state index in [1.165, 1.54) is 76.4 Å². The van der Waals surface area contributed by atoms with Gasteiger partial charge < -0.3 is 9.64 Å². The molecule has 1 heterocycles. The highest BCUT2D eigenvalue weighted by molar-refractivity contribution is 6.31. The Bertz CT molecular complexity index is 651. The molecule has 196 valence electrons. The summed E-state index contributed by atoms with van der Waals surface area (Å²) in [6.45, 7) is 14.2. The van der Waals surface area contributed by atoms with Crippen molar-refractivity contribution in [2.45, 2.75) is 111 Å². The number of halogens is 1. The lowest BCUT2D eigenvalue weighted by molar-refractivity contribution is -0.133. The molecule has 0 bridgehead atoms. The van der Waals surface area contributed by atoms with Crippen molar-refractivity contribution in [3.05, 3.63) is 34.3 Å². The van der Waals surface area contributed by atoms with E-state index in [2.05, 4.69) is 38.8 Å². The normalized spacial score (nSPS) is 21.0. The van der Waals surface area contributed by atoms with Gasteiger partial charge in [-0.15, -0.1) is 0 Å². The van der Waals surface area contributed by atoms with Crippen LogP contribution in [0, 0.1) is 31.6 Å². The summed E-state index contributed by atoms with van der Waals surface area (Å²) in [6, 6.07) is 6.05. The van der Waals surface area contributed by atoms with Crippen LogP contribution in [0.2, 0.25) is 5.02 Å². The molecule has 1 atom stereocenters. The lowest BCUT2D eigenvalue weighted by Gasteiger charge is -2.18. The molecule has 4 heteroatoms. The molecule has 1 aromatic rings. The Kier molecular flexibility index (Phi) is 16.6. The maximum atomic E-state index is 9.74. The molecule has 3 nitrogen and oxygen atoms in total. The molecule has 3 fully saturated rings. The Balaban J connectivity index is 0.000000227. The van der Waals surface area contributed by atoms with Crippen LogP contribution in [-0.4, -0.2) is 37.6 Å². The molecule has 1 aromatic carbocycles. The van der Waals surface area contributed by atoms with Crippen LogP contribution in [0.3, 0.4) is 0 Å². The van der Waals surface area contributed by atoms with Crippen molar-refractivity contribution in [1.82, 2.24) is 4.90 Å². The average Bonchev–Trinajstić information content (AvgIpc) is 3.51. The second kappa shape index (κ2) is 18.2. The van der Waals surface area contributed by atoms with Gasteiger partial charge in [-0.05, 0) is 94.5 Å². The summed E-state index contributed by atoms with van der Waals surface area (Å²) in [4.78, 5) is 12.2. The third-order valence-corrected chi connectivity index (χ3v) is 7.96. The van der Waals surface area contributed by atoms with E-state index >= 15 is 0 Å². The predicted molar refractivity (Wildman–Crippen MR) is 148 cm³/mol. The number of ether oxygens (including phenoxy) is 1. The molecule has 2 aliphatic carbocycles. The number of aryl methyl sites for hydroxylation is 2. The Morgan fingerprint density at radius 2 is 1.65 bits per heavy atom. The van der Waals surface area contributed by atoms with Crippen molar-refractivity contribution in [2.24, 2.45) is 17.8 Å². The van der Waals surface area contributed by atoms with E-state index in [1.807, 2.05) is 26.0 Å². The fourth-order valence-electron chi connectivity index (χ4n) is 4.91. The van der Waals surface area contributed by atoms with Gasteiger partial charge in [0.05, 0.1) is 0 Å². The van der Waals surface area contributed by atoms with E-state index < -0.39 is 0 Å². The fourth-order valence-corrected chi connectivity index (χ4v) is 5.14. The number of hydrogen-bond donors (Lipinski definition) is 0. The lowest BCUT2D eigenvalue weighted by Crippen LogP contribution is -2.16. The van der Waals surface area contributed by atoms with Crippen LogP contribution in [0.5, 0.6) is 0 Å². The fraction of sp³-hybridized carbons (Fsp3) is 0.767. The van der Waals surface area contributed by atoms with E-state index in [-0.39, 0.29) is 6.10 Å². The minimum atomic E-state index is 0.243. The molecule has 1 aliphatic heterocycles. The number of carbonyl (C=O) groups is 1. The van der Waals surface area contributed by atoms with E-state index in [4.69, 9.17) is 16.3 Å². The van der Waals surface area contributed by atoms with Crippen molar-refractivity contribution < 1.29 is 9.53 Å². The van der Waals surface area contributed by atoms with E-state index in [1.54, 1.807) is 0 Å². The summed E-state index contributed by atoms with van der Waals surface area (Å²) in [5.41, 5.74) is 2.35. The lowest BCUT2D eigenvalue weighted by atomic mass is 9.88. The zero-order valence-corrected chi connectivity index (χ0v) is 23.7. The first-order valence-corrected chi connectivity index (χ1v) is 14.1. The summed E-state index contributed by atoms with van der Waals surface area (Å²) < 4.78 is 4.72. The first kappa shape index (κ1) is 31.0. The van der Waals surface area contributed by atoms with Crippen LogP contribution in [0.25, 0.3) is 0 Å². The van der Waals surface area contributed by atoms with Crippen LogP contribution in [0.15, 0.2) is 18.2 Å². The topological polar surface area (TPSA) is 29.5 Å². The highest BCUT2D eigenvalue weighted by Crippen LogP contribution is 2.25. The Labute approximate surface area is 216 Å². The quantitative estimate of drug-likeness (QED) is 0.393. The maximum Gasteiger partial charge on any atom is 0.293 e. The Morgan fingerprint density at radius 1 is 1.03 bits per heavy atom. The standard InChI is InChI=1S/C8H9Cl.C8H17N.C8H16.C6H10O2/c1-6-3-4-7(2)8(9)5-6;1-7(2)8-4-5-9(3)6-8;1-2-8-6-4-3-5-7-8;7-5-8-6-3-1-2-4-6/h3-5H,1-2H3;7-8H,4-6H2,1-3H3;8H,2-7H2,1H3;5-6H,1-4H2. The predicted octanol–water partition coefficient (Wildman–Crippen LogP) is 8.63. The van der Waals surface area contributed by atoms with Gasteiger partial charge in [0.2, 0.25) is 0 Å². The SMILES string of the molecule is CC(C)C1CCN(C)C1.CCC1CCCCC1.Cc1ccc(C)c(Cl)c1.O=COC1CCCC1. The van der Waals surface area contributed by atoms with E-state index in [0.717, 1.165) is 41.2 Å². The van der Waals surface area contributed by atoms with Gasteiger partial charge in [-0.3, -0.25) is 4.79 Å². The number of rotatable bonds is 4. The summed E-state index contributed by atoms with van der Waals surface area (Å²) in [5.74, 6) is 2.94. The van der Waals surface area contributed by atoms with Gasteiger partial charge in [-0.25, -0.2) is 0 Å². The molecule has 1 saturated heterocycles. The Hall–Kier alpha value is -1.06. The largest absolute Gasteiger partial charge is 0.465 e. The molecule has 0 N–H and O–H groups in total. The molecule has 2 saturated carbocycles. The zero-order chi connectivity index (χ0) is 25.3. The first-order valence-electron chi connectivity index (χ1n) is 13.8. The summed E-state index contributed by atoms with van der Waals surface area (Å²) in [5, 5.41) is 0.856. The van der Waals surface area contributed by atoms with Gasteiger partial charge in [-0.2, -0.15) is 0 Å². The minimum absolute atomic E-state index is 0.243. The Morgan fingerprint density at radius 3 is 2.03 bits per heavy atom. The van der Waals surface area contributed by atoms with Crippen LogP contribution < -0.4 is 0 Å². The number of carbonyl (C=O) groups excluding carboxylic acids is 1. The monoisotopic (exact) mass is 493 g/mol. The minimum Gasteiger partial charge on any atom is -0.465 e. The number of benzene rings is 1. The van der Waals surface area contributed by atoms with Gasteiger partial charge >= 0.3 is 0 Å². The zero-order valence-electron chi connectivity index (χ0n) is 23.0. The smallest absolute Gasteiger partial charge is 0.293 e. The van der Waals surface area contributed by atoms with Crippen LogP contribution in [0.4, 0.5) is 0 Å². The molecule has 0 radical (unpaired) electrons. The van der Waals surface area contributed by atoms with Crippen LogP contribution >= 0.6 is 11.6 Å². The summed E-state index contributed by atoms with van der Waals surface area (Å²) >= 11 is 5.81.